The van der Waals surface area contributed by atoms with Gasteiger partial charge in [-0.25, -0.2) is 0 Å². The second-order valence-electron chi connectivity index (χ2n) is 1.93. The van der Waals surface area contributed by atoms with Crippen LogP contribution in [-0.4, -0.2) is 8.80 Å². The zero-order valence-electron chi connectivity index (χ0n) is 9.87. The van der Waals surface area contributed by atoms with Crippen LogP contribution in [-0.2, 0) is 31.0 Å². The first-order valence-electron chi connectivity index (χ1n) is 3.25. The predicted molar refractivity (Wildman–Crippen MR) is 58.4 cm³/mol. The Hall–Kier alpha value is 0.396. The van der Waals surface area contributed by atoms with E-state index in [2.05, 4.69) is 39.6 Å². The zero-order chi connectivity index (χ0) is 16.7. The van der Waals surface area contributed by atoms with Crippen LogP contribution in [0.2, 0.25) is 19.6 Å². The van der Waals surface area contributed by atoms with E-state index in [0.29, 0.717) is 0 Å². The van der Waals surface area contributed by atoms with Crippen LogP contribution in [0.1, 0.15) is 0 Å². The molecule has 19 heavy (non-hydrogen) atoms. The third-order valence-electron chi connectivity index (χ3n) is 0. The minimum atomic E-state index is -4.38. The average molecular weight is 390 g/mol. The summed E-state index contributed by atoms with van der Waals surface area (Å²) in [5.74, 6) is 0. The van der Waals surface area contributed by atoms with Crippen LogP contribution in [0, 0.1) is 20.0 Å². The zero-order valence-corrected chi connectivity index (χ0v) is 14.1. The van der Waals surface area contributed by atoms with E-state index >= 15 is 0 Å². The molecule has 0 spiro atoms. The second-order valence-corrected chi connectivity index (χ2v) is 5.79. The van der Waals surface area contributed by atoms with Crippen LogP contribution in [0.5, 0.6) is 0 Å². The first-order chi connectivity index (χ1) is 8.20. The Balaban J connectivity index is -0.0000000186. The Morgan fingerprint density at radius 3 is 0.632 bits per heavy atom. The normalized spacial score (nSPS) is 6.00. The molecule has 0 aromatic rings. The second kappa shape index (κ2) is 63.1. The van der Waals surface area contributed by atoms with E-state index in [4.69, 9.17) is 14.0 Å². The molecule has 0 aliphatic heterocycles. The Bertz CT molecular complexity index is 136. The first-order valence-corrected chi connectivity index (χ1v) is 8.51. The molecule has 0 bridgehead atoms. The smallest absolute Gasteiger partial charge is 0 e. The Labute approximate surface area is 123 Å². The molecule has 3 nitrogen and oxygen atoms in total. The van der Waals surface area contributed by atoms with Crippen LogP contribution < -0.4 is 0 Å². The van der Waals surface area contributed by atoms with Crippen LogP contribution >= 0.6 is 17.7 Å². The maximum Gasteiger partial charge on any atom is 0 e. The van der Waals surface area contributed by atoms with Crippen LogP contribution in [0.4, 0.5) is 25.2 Å². The summed E-state index contributed by atoms with van der Waals surface area (Å²) in [6.07, 6.45) is 0. The molecule has 0 saturated heterocycles. The van der Waals surface area contributed by atoms with Crippen molar-refractivity contribution in [1.29, 1.82) is 0 Å². The summed E-state index contributed by atoms with van der Waals surface area (Å²) in [5, 5.41) is 0. The van der Waals surface area contributed by atoms with Gasteiger partial charge in [0, 0.05) is 51.0 Å². The van der Waals surface area contributed by atoms with Gasteiger partial charge in [0.25, 0.3) is 0 Å². The number of hydrogen-bond acceptors (Lipinski definition) is 0. The van der Waals surface area contributed by atoms with Crippen LogP contribution in [0.15, 0.2) is 0 Å². The third kappa shape index (κ3) is 31500. The van der Waals surface area contributed by atoms with Gasteiger partial charge in [0.05, 0.1) is 0 Å². The number of rotatable bonds is 0. The van der Waals surface area contributed by atoms with Crippen molar-refractivity contribution < 1.29 is 56.2 Å². The van der Waals surface area contributed by atoms with Crippen molar-refractivity contribution in [3.63, 3.8) is 0 Å². The third-order valence-corrected chi connectivity index (χ3v) is 0. The SMILES string of the molecule is C[Si](C)C.F[PH+](F)F.F[PH+](F)F.[C-]#[O+].[C-]#[O+].[C-]#[O+].[Mn]. The molecular formula is C6H11F6MnO3P2Si+2. The molecule has 0 aromatic carbocycles. The maximum atomic E-state index is 9.77. The monoisotopic (exact) mass is 390 g/mol. The Kier molecular flexibility index (Phi) is 142. The van der Waals surface area contributed by atoms with Gasteiger partial charge in [-0.05, 0) is 0 Å². The molecule has 0 aliphatic carbocycles. The molecule has 0 heterocycles. The van der Waals surface area contributed by atoms with Gasteiger partial charge >= 0.3 is 51.6 Å². The molecule has 0 amide bonds. The summed E-state index contributed by atoms with van der Waals surface area (Å²) in [6.45, 7) is 20.3. The summed E-state index contributed by atoms with van der Waals surface area (Å²) in [4.78, 5) is 0. The van der Waals surface area contributed by atoms with Gasteiger partial charge in [-0.1, -0.05) is 19.6 Å². The van der Waals surface area contributed by atoms with Crippen molar-refractivity contribution in [3.8, 4) is 0 Å². The van der Waals surface area contributed by atoms with Crippen molar-refractivity contribution in [3.05, 3.63) is 20.0 Å². The fourth-order valence-corrected chi connectivity index (χ4v) is 0. The molecule has 0 atom stereocenters. The van der Waals surface area contributed by atoms with Gasteiger partial charge in [0.2, 0.25) is 0 Å². The van der Waals surface area contributed by atoms with Gasteiger partial charge < -0.3 is 0 Å². The van der Waals surface area contributed by atoms with Crippen molar-refractivity contribution in [1.82, 2.24) is 0 Å². The minimum absolute atomic E-state index is 0. The number of halogens is 6. The van der Waals surface area contributed by atoms with E-state index < -0.39 is 17.7 Å². The van der Waals surface area contributed by atoms with Gasteiger partial charge in [0.15, 0.2) is 0 Å². The topological polar surface area (TPSA) is 59.7 Å². The molecule has 0 aromatic heterocycles. The van der Waals surface area contributed by atoms with E-state index in [1.807, 2.05) is 0 Å². The van der Waals surface area contributed by atoms with Crippen molar-refractivity contribution in [2.75, 3.05) is 0 Å². The van der Waals surface area contributed by atoms with Crippen molar-refractivity contribution in [2.24, 2.45) is 0 Å². The molecular weight excluding hydrogens is 379 g/mol. The molecule has 0 aliphatic rings. The predicted octanol–water partition coefficient (Wildman–Crippen LogP) is 4.96. The summed E-state index contributed by atoms with van der Waals surface area (Å²) in [7, 11) is -8.64. The molecule has 0 saturated carbocycles. The molecule has 2 radical (unpaired) electrons. The van der Waals surface area contributed by atoms with Crippen LogP contribution in [0.3, 0.4) is 0 Å². The Morgan fingerprint density at radius 1 is 0.632 bits per heavy atom. The summed E-state index contributed by atoms with van der Waals surface area (Å²) in [5.41, 5.74) is 0. The van der Waals surface area contributed by atoms with Crippen molar-refractivity contribution >= 4 is 26.5 Å². The summed E-state index contributed by atoms with van der Waals surface area (Å²) < 4.78 is 81.1. The first kappa shape index (κ1) is 42.7. The van der Waals surface area contributed by atoms with Crippen LogP contribution in [0.25, 0.3) is 0 Å². The molecule has 13 heteroatoms. The van der Waals surface area contributed by atoms with Gasteiger partial charge in [-0.3, -0.25) is 0 Å². The largest absolute Gasteiger partial charge is 0 e. The standard InChI is InChI=1S/C3H9Si.3CO.2F3HP.Mn/c1-4(2)3;3*1-2;2*1-4(2)3;/h1-3H3;;;;2*4H;/q;;;;2*+1;. The molecule has 114 valence electrons. The Morgan fingerprint density at radius 2 is 0.632 bits per heavy atom. The van der Waals surface area contributed by atoms with E-state index in [1.54, 1.807) is 0 Å². The summed E-state index contributed by atoms with van der Waals surface area (Å²) >= 11 is 0. The van der Waals surface area contributed by atoms with E-state index in [-0.39, 0.29) is 25.9 Å². The molecule has 0 unspecified atom stereocenters. The fraction of sp³-hybridized carbons (Fsp3) is 0.500. The summed E-state index contributed by atoms with van der Waals surface area (Å²) in [6, 6.07) is 0. The fourth-order valence-electron chi connectivity index (χ4n) is 0. The van der Waals surface area contributed by atoms with E-state index in [9.17, 15) is 25.2 Å². The minimum Gasteiger partial charge on any atom is 0 e. The van der Waals surface area contributed by atoms with Gasteiger partial charge in [-0.15, -0.1) is 0 Å². The molecule has 0 fully saturated rings. The quantitative estimate of drug-likeness (QED) is 0.185. The van der Waals surface area contributed by atoms with Gasteiger partial charge in [0.1, 0.15) is 0 Å². The maximum absolute atomic E-state index is 9.77. The van der Waals surface area contributed by atoms with E-state index in [0.717, 1.165) is 0 Å². The number of hydrogen-bond donors (Lipinski definition) is 0. The average Bonchev–Trinajstić information content (AvgIpc) is 2.23. The van der Waals surface area contributed by atoms with Gasteiger partial charge in [-0.2, -0.15) is 0 Å². The van der Waals surface area contributed by atoms with Crippen molar-refractivity contribution in [2.45, 2.75) is 19.6 Å². The molecule has 0 N–H and O–H groups in total. The van der Waals surface area contributed by atoms with E-state index in [1.165, 1.54) is 0 Å². The molecule has 0 rings (SSSR count).